The first kappa shape index (κ1) is 9.95. The Kier molecular flexibility index (Phi) is 3.39. The molecule has 0 spiro atoms. The molecule has 0 radical (unpaired) electrons. The van der Waals surface area contributed by atoms with Crippen molar-refractivity contribution < 1.29 is 4.79 Å². The van der Waals surface area contributed by atoms with Crippen molar-refractivity contribution in [3.63, 3.8) is 0 Å². The minimum Gasteiger partial charge on any atom is -0.295 e. The van der Waals surface area contributed by atoms with Gasteiger partial charge in [0.25, 0.3) is 0 Å². The summed E-state index contributed by atoms with van der Waals surface area (Å²) in [6.45, 7) is 0. The van der Waals surface area contributed by atoms with E-state index in [9.17, 15) is 4.79 Å². The van der Waals surface area contributed by atoms with Crippen LogP contribution in [0.4, 0.5) is 0 Å². The number of allylic oxidation sites excluding steroid dienone is 2. The molecular weight excluding hydrogens is 172 g/mol. The van der Waals surface area contributed by atoms with E-state index in [-0.39, 0.29) is 0 Å². The van der Waals surface area contributed by atoms with Crippen molar-refractivity contribution in [1.29, 1.82) is 0 Å². The monoisotopic (exact) mass is 192 g/mol. The Morgan fingerprint density at radius 3 is 2.64 bits per heavy atom. The van der Waals surface area contributed by atoms with Crippen LogP contribution in [0, 0.1) is 5.92 Å². The Balaban J connectivity index is 1.76. The summed E-state index contributed by atoms with van der Waals surface area (Å²) in [7, 11) is 0. The molecule has 14 heavy (non-hydrogen) atoms. The lowest BCUT2D eigenvalue weighted by Gasteiger charge is -2.14. The van der Waals surface area contributed by atoms with E-state index < -0.39 is 0 Å². The molecule has 2 aliphatic rings. The van der Waals surface area contributed by atoms with Gasteiger partial charge in [-0.25, -0.2) is 0 Å². The molecule has 0 aliphatic heterocycles. The SMILES string of the molecule is O=C1C=C(CCC2CCCC2)CCC1. The smallest absolute Gasteiger partial charge is 0.155 e. The number of ketones is 1. The summed E-state index contributed by atoms with van der Waals surface area (Å²) >= 11 is 0. The predicted octanol–water partition coefficient (Wildman–Crippen LogP) is 3.64. The van der Waals surface area contributed by atoms with Crippen LogP contribution in [0.3, 0.4) is 0 Å². The van der Waals surface area contributed by atoms with Gasteiger partial charge in [-0.2, -0.15) is 0 Å². The van der Waals surface area contributed by atoms with E-state index in [1.807, 2.05) is 6.08 Å². The molecule has 0 aromatic heterocycles. The van der Waals surface area contributed by atoms with Crippen LogP contribution in [-0.4, -0.2) is 5.78 Å². The zero-order valence-corrected chi connectivity index (χ0v) is 8.93. The van der Waals surface area contributed by atoms with Gasteiger partial charge in [0, 0.05) is 6.42 Å². The highest BCUT2D eigenvalue weighted by atomic mass is 16.1. The van der Waals surface area contributed by atoms with E-state index in [0.717, 1.165) is 18.8 Å². The third kappa shape index (κ3) is 2.70. The van der Waals surface area contributed by atoms with Crippen molar-refractivity contribution in [3.05, 3.63) is 11.6 Å². The maximum atomic E-state index is 11.2. The second kappa shape index (κ2) is 4.77. The van der Waals surface area contributed by atoms with Crippen LogP contribution in [0.25, 0.3) is 0 Å². The molecule has 0 atom stereocenters. The normalized spacial score (nSPS) is 24.0. The summed E-state index contributed by atoms with van der Waals surface area (Å²) in [5.74, 6) is 1.32. The van der Waals surface area contributed by atoms with E-state index in [1.54, 1.807) is 0 Å². The van der Waals surface area contributed by atoms with Crippen molar-refractivity contribution in [2.75, 3.05) is 0 Å². The zero-order chi connectivity index (χ0) is 9.80. The van der Waals surface area contributed by atoms with Crippen molar-refractivity contribution in [1.82, 2.24) is 0 Å². The molecule has 0 heterocycles. The summed E-state index contributed by atoms with van der Waals surface area (Å²) in [5, 5.41) is 0. The fourth-order valence-corrected chi connectivity index (χ4v) is 2.75. The Morgan fingerprint density at radius 2 is 1.93 bits per heavy atom. The van der Waals surface area contributed by atoms with Crippen LogP contribution in [0.2, 0.25) is 0 Å². The molecule has 2 aliphatic carbocycles. The molecule has 2 rings (SSSR count). The van der Waals surface area contributed by atoms with Crippen LogP contribution < -0.4 is 0 Å². The topological polar surface area (TPSA) is 17.1 Å². The summed E-state index contributed by atoms with van der Waals surface area (Å²) in [5.41, 5.74) is 1.42. The Hall–Kier alpha value is -0.590. The van der Waals surface area contributed by atoms with Gasteiger partial charge in [0.1, 0.15) is 0 Å². The highest BCUT2D eigenvalue weighted by Gasteiger charge is 2.16. The minimum atomic E-state index is 0.359. The summed E-state index contributed by atoms with van der Waals surface area (Å²) in [6, 6.07) is 0. The van der Waals surface area contributed by atoms with E-state index in [4.69, 9.17) is 0 Å². The van der Waals surface area contributed by atoms with Crippen LogP contribution in [0.1, 0.15) is 57.8 Å². The molecule has 0 aromatic rings. The Bertz CT molecular complexity index is 234. The van der Waals surface area contributed by atoms with Gasteiger partial charge >= 0.3 is 0 Å². The molecule has 1 fully saturated rings. The van der Waals surface area contributed by atoms with Gasteiger partial charge < -0.3 is 0 Å². The van der Waals surface area contributed by atoms with Crippen LogP contribution in [0.5, 0.6) is 0 Å². The van der Waals surface area contributed by atoms with Crippen LogP contribution >= 0.6 is 0 Å². The van der Waals surface area contributed by atoms with Gasteiger partial charge in [0.05, 0.1) is 0 Å². The molecule has 0 amide bonds. The second-order valence-corrected chi connectivity index (χ2v) is 4.81. The van der Waals surface area contributed by atoms with E-state index >= 15 is 0 Å². The average Bonchev–Trinajstić information content (AvgIpc) is 2.67. The summed E-state index contributed by atoms with van der Waals surface area (Å²) < 4.78 is 0. The summed E-state index contributed by atoms with van der Waals surface area (Å²) in [6.07, 6.45) is 13.2. The third-order valence-corrected chi connectivity index (χ3v) is 3.63. The lowest BCUT2D eigenvalue weighted by atomic mass is 9.91. The van der Waals surface area contributed by atoms with Crippen LogP contribution in [-0.2, 0) is 4.79 Å². The molecule has 0 aromatic carbocycles. The molecule has 0 saturated heterocycles. The van der Waals surface area contributed by atoms with Gasteiger partial charge in [0.2, 0.25) is 0 Å². The second-order valence-electron chi connectivity index (χ2n) is 4.81. The molecule has 1 saturated carbocycles. The number of hydrogen-bond acceptors (Lipinski definition) is 1. The van der Waals surface area contributed by atoms with Gasteiger partial charge in [-0.15, -0.1) is 0 Å². The van der Waals surface area contributed by atoms with Gasteiger partial charge in [-0.1, -0.05) is 31.3 Å². The molecule has 0 unspecified atom stereocenters. The maximum absolute atomic E-state index is 11.2. The minimum absolute atomic E-state index is 0.359. The molecule has 1 nitrogen and oxygen atoms in total. The number of carbonyl (C=O) groups is 1. The lowest BCUT2D eigenvalue weighted by Crippen LogP contribution is -2.04. The van der Waals surface area contributed by atoms with E-state index in [2.05, 4.69) is 0 Å². The van der Waals surface area contributed by atoms with Crippen LogP contribution in [0.15, 0.2) is 11.6 Å². The third-order valence-electron chi connectivity index (χ3n) is 3.63. The number of hydrogen-bond donors (Lipinski definition) is 0. The predicted molar refractivity (Wildman–Crippen MR) is 58.1 cm³/mol. The Labute approximate surface area is 86.6 Å². The number of rotatable bonds is 3. The largest absolute Gasteiger partial charge is 0.295 e. The first-order valence-electron chi connectivity index (χ1n) is 6.07. The first-order valence-corrected chi connectivity index (χ1v) is 6.07. The maximum Gasteiger partial charge on any atom is 0.155 e. The van der Waals surface area contributed by atoms with Crippen molar-refractivity contribution in [2.24, 2.45) is 5.92 Å². The molecule has 1 heteroatoms. The fourth-order valence-electron chi connectivity index (χ4n) is 2.75. The molecule has 0 bridgehead atoms. The molecule has 78 valence electrons. The zero-order valence-electron chi connectivity index (χ0n) is 8.93. The van der Waals surface area contributed by atoms with Crippen molar-refractivity contribution >= 4 is 5.78 Å². The van der Waals surface area contributed by atoms with Gasteiger partial charge in [-0.05, 0) is 37.7 Å². The summed E-state index contributed by atoms with van der Waals surface area (Å²) in [4.78, 5) is 11.2. The fraction of sp³-hybridized carbons (Fsp3) is 0.769. The molecule has 0 N–H and O–H groups in total. The lowest BCUT2D eigenvalue weighted by molar-refractivity contribution is -0.115. The van der Waals surface area contributed by atoms with Crippen molar-refractivity contribution in [3.8, 4) is 0 Å². The Morgan fingerprint density at radius 1 is 1.14 bits per heavy atom. The van der Waals surface area contributed by atoms with Gasteiger partial charge in [-0.3, -0.25) is 4.79 Å². The molecular formula is C13H20O. The average molecular weight is 192 g/mol. The first-order chi connectivity index (χ1) is 6.84. The van der Waals surface area contributed by atoms with E-state index in [1.165, 1.54) is 50.5 Å². The standard InChI is InChI=1S/C13H20O/c14-13-7-3-6-12(10-13)9-8-11-4-1-2-5-11/h10-11H,1-9H2. The van der Waals surface area contributed by atoms with Gasteiger partial charge in [0.15, 0.2) is 5.78 Å². The number of carbonyl (C=O) groups excluding carboxylic acids is 1. The van der Waals surface area contributed by atoms with E-state index in [0.29, 0.717) is 5.78 Å². The highest BCUT2D eigenvalue weighted by molar-refractivity contribution is 5.91. The van der Waals surface area contributed by atoms with Crippen molar-refractivity contribution in [2.45, 2.75) is 57.8 Å². The quantitative estimate of drug-likeness (QED) is 0.667. The highest BCUT2D eigenvalue weighted by Crippen LogP contribution is 2.31.